The second-order valence-electron chi connectivity index (χ2n) is 6.66. The highest BCUT2D eigenvalue weighted by molar-refractivity contribution is 7.89. The van der Waals surface area contributed by atoms with Gasteiger partial charge in [0, 0.05) is 17.3 Å². The minimum atomic E-state index is -3.57. The normalized spacial score (nSPS) is 14.5. The summed E-state index contributed by atoms with van der Waals surface area (Å²) in [6, 6.07) is 13.8. The van der Waals surface area contributed by atoms with Gasteiger partial charge >= 0.3 is 0 Å². The molecule has 0 radical (unpaired) electrons. The first-order valence-corrected chi connectivity index (χ1v) is 9.87. The van der Waals surface area contributed by atoms with Crippen LogP contribution in [0.15, 0.2) is 53.4 Å². The number of amides is 1. The molecule has 0 saturated heterocycles. The Labute approximate surface area is 148 Å². The van der Waals surface area contributed by atoms with Gasteiger partial charge in [-0.2, -0.15) is 0 Å². The van der Waals surface area contributed by atoms with Crippen LogP contribution < -0.4 is 10.0 Å². The van der Waals surface area contributed by atoms with Gasteiger partial charge in [0.15, 0.2) is 0 Å². The van der Waals surface area contributed by atoms with Gasteiger partial charge in [-0.15, -0.1) is 0 Å². The van der Waals surface area contributed by atoms with E-state index < -0.39 is 10.0 Å². The van der Waals surface area contributed by atoms with E-state index in [0.717, 1.165) is 18.4 Å². The number of anilines is 1. The summed E-state index contributed by atoms with van der Waals surface area (Å²) in [6.45, 7) is 4.17. The van der Waals surface area contributed by atoms with E-state index in [2.05, 4.69) is 23.9 Å². The zero-order valence-corrected chi connectivity index (χ0v) is 15.1. The van der Waals surface area contributed by atoms with E-state index in [-0.39, 0.29) is 16.8 Å². The molecule has 0 spiro atoms. The lowest BCUT2D eigenvalue weighted by molar-refractivity contribution is 0.102. The molecule has 2 N–H and O–H groups in total. The standard InChI is InChI=1S/C19H22N2O3S/c1-13(2)14-5-3-7-17(11-14)20-19(22)15-6-4-8-18(12-15)25(23,24)21-16-9-10-16/h3-8,11-13,16,21H,9-10H2,1-2H3,(H,20,22). The average Bonchev–Trinajstić information content (AvgIpc) is 3.38. The van der Waals surface area contributed by atoms with Crippen molar-refractivity contribution in [3.8, 4) is 0 Å². The molecule has 2 aromatic rings. The SMILES string of the molecule is CC(C)c1cccc(NC(=O)c2cccc(S(=O)(=O)NC3CC3)c2)c1. The van der Waals surface area contributed by atoms with Gasteiger partial charge in [0.05, 0.1) is 4.90 Å². The largest absolute Gasteiger partial charge is 0.322 e. The van der Waals surface area contributed by atoms with Gasteiger partial charge in [-0.1, -0.05) is 32.0 Å². The van der Waals surface area contributed by atoms with Crippen molar-refractivity contribution in [2.45, 2.75) is 43.5 Å². The quantitative estimate of drug-likeness (QED) is 0.830. The summed E-state index contributed by atoms with van der Waals surface area (Å²) >= 11 is 0. The number of hydrogen-bond acceptors (Lipinski definition) is 3. The number of benzene rings is 2. The molecule has 132 valence electrons. The third kappa shape index (κ3) is 4.46. The summed E-state index contributed by atoms with van der Waals surface area (Å²) in [5.41, 5.74) is 2.14. The lowest BCUT2D eigenvalue weighted by atomic mass is 10.0. The van der Waals surface area contributed by atoms with Crippen LogP contribution in [0.25, 0.3) is 0 Å². The van der Waals surface area contributed by atoms with Crippen molar-refractivity contribution in [2.24, 2.45) is 0 Å². The van der Waals surface area contributed by atoms with Crippen molar-refractivity contribution in [1.29, 1.82) is 0 Å². The fraction of sp³-hybridized carbons (Fsp3) is 0.316. The highest BCUT2D eigenvalue weighted by Crippen LogP contribution is 2.23. The maximum absolute atomic E-state index is 12.5. The topological polar surface area (TPSA) is 75.3 Å². The zero-order chi connectivity index (χ0) is 18.0. The molecule has 1 aliphatic carbocycles. The van der Waals surface area contributed by atoms with Crippen LogP contribution in [0.3, 0.4) is 0 Å². The highest BCUT2D eigenvalue weighted by Gasteiger charge is 2.28. The molecule has 1 aliphatic rings. The van der Waals surface area contributed by atoms with E-state index in [1.165, 1.54) is 12.1 Å². The minimum Gasteiger partial charge on any atom is -0.322 e. The van der Waals surface area contributed by atoms with Crippen LogP contribution in [-0.2, 0) is 10.0 Å². The van der Waals surface area contributed by atoms with E-state index in [1.54, 1.807) is 12.1 Å². The number of carbonyl (C=O) groups is 1. The Bertz CT molecular complexity index is 887. The molecule has 0 heterocycles. The van der Waals surface area contributed by atoms with Crippen molar-refractivity contribution in [3.63, 3.8) is 0 Å². The Morgan fingerprint density at radius 3 is 2.48 bits per heavy atom. The fourth-order valence-electron chi connectivity index (χ4n) is 2.47. The van der Waals surface area contributed by atoms with Gasteiger partial charge in [-0.3, -0.25) is 4.79 Å². The molecule has 25 heavy (non-hydrogen) atoms. The molecule has 1 amide bonds. The lowest BCUT2D eigenvalue weighted by Crippen LogP contribution is -2.26. The van der Waals surface area contributed by atoms with Gasteiger partial charge in [0.1, 0.15) is 0 Å². The summed E-state index contributed by atoms with van der Waals surface area (Å²) in [5.74, 6) is 0.0307. The zero-order valence-electron chi connectivity index (χ0n) is 14.3. The van der Waals surface area contributed by atoms with Crippen molar-refractivity contribution in [1.82, 2.24) is 4.72 Å². The molecule has 3 rings (SSSR count). The lowest BCUT2D eigenvalue weighted by Gasteiger charge is -2.11. The predicted octanol–water partition coefficient (Wildman–Crippen LogP) is 3.50. The maximum atomic E-state index is 12.5. The van der Waals surface area contributed by atoms with E-state index in [4.69, 9.17) is 0 Å². The van der Waals surface area contributed by atoms with Crippen molar-refractivity contribution < 1.29 is 13.2 Å². The Morgan fingerprint density at radius 1 is 1.08 bits per heavy atom. The molecular formula is C19H22N2O3S. The monoisotopic (exact) mass is 358 g/mol. The molecule has 6 heteroatoms. The average molecular weight is 358 g/mol. The predicted molar refractivity (Wildman–Crippen MR) is 98.3 cm³/mol. The Hall–Kier alpha value is -2.18. The number of hydrogen-bond donors (Lipinski definition) is 2. The van der Waals surface area contributed by atoms with E-state index in [1.807, 2.05) is 24.3 Å². The molecule has 0 unspecified atom stereocenters. The van der Waals surface area contributed by atoms with Crippen LogP contribution in [0.4, 0.5) is 5.69 Å². The molecule has 5 nitrogen and oxygen atoms in total. The molecule has 1 saturated carbocycles. The van der Waals surface area contributed by atoms with E-state index >= 15 is 0 Å². The molecule has 0 aromatic heterocycles. The van der Waals surface area contributed by atoms with Crippen LogP contribution in [0.2, 0.25) is 0 Å². The Kier molecular flexibility index (Phi) is 4.92. The Morgan fingerprint density at radius 2 is 1.80 bits per heavy atom. The van der Waals surface area contributed by atoms with Crippen molar-refractivity contribution in [2.75, 3.05) is 5.32 Å². The molecule has 0 atom stereocenters. The molecule has 0 aliphatic heterocycles. The summed E-state index contributed by atoms with van der Waals surface area (Å²) in [6.07, 6.45) is 1.73. The molecule has 1 fully saturated rings. The minimum absolute atomic E-state index is 0.0289. The summed E-state index contributed by atoms with van der Waals surface area (Å²) < 4.78 is 27.2. The first-order chi connectivity index (χ1) is 11.8. The smallest absolute Gasteiger partial charge is 0.255 e. The number of nitrogens with one attached hydrogen (secondary N) is 2. The number of sulfonamides is 1. The van der Waals surface area contributed by atoms with E-state index in [9.17, 15) is 13.2 Å². The Balaban J connectivity index is 1.78. The van der Waals surface area contributed by atoms with Crippen LogP contribution in [-0.4, -0.2) is 20.4 Å². The van der Waals surface area contributed by atoms with Crippen molar-refractivity contribution in [3.05, 3.63) is 59.7 Å². The van der Waals surface area contributed by atoms with E-state index in [0.29, 0.717) is 17.2 Å². The second-order valence-corrected chi connectivity index (χ2v) is 8.37. The van der Waals surface area contributed by atoms with Crippen LogP contribution in [0.5, 0.6) is 0 Å². The summed E-state index contributed by atoms with van der Waals surface area (Å²) in [5, 5.41) is 2.83. The summed E-state index contributed by atoms with van der Waals surface area (Å²) in [4.78, 5) is 12.6. The van der Waals surface area contributed by atoms with Gasteiger partial charge in [0.2, 0.25) is 10.0 Å². The molecular weight excluding hydrogens is 336 g/mol. The van der Waals surface area contributed by atoms with Gasteiger partial charge in [-0.05, 0) is 54.7 Å². The van der Waals surface area contributed by atoms with Gasteiger partial charge in [-0.25, -0.2) is 13.1 Å². The second kappa shape index (κ2) is 6.98. The third-order valence-electron chi connectivity index (χ3n) is 4.12. The summed E-state index contributed by atoms with van der Waals surface area (Å²) in [7, 11) is -3.57. The molecule has 0 bridgehead atoms. The highest BCUT2D eigenvalue weighted by atomic mass is 32.2. The fourth-order valence-corrected chi connectivity index (χ4v) is 3.82. The van der Waals surface area contributed by atoms with Crippen LogP contribution >= 0.6 is 0 Å². The van der Waals surface area contributed by atoms with Crippen LogP contribution in [0, 0.1) is 0 Å². The van der Waals surface area contributed by atoms with Gasteiger partial charge in [0.25, 0.3) is 5.91 Å². The number of carbonyl (C=O) groups excluding carboxylic acids is 1. The third-order valence-corrected chi connectivity index (χ3v) is 5.64. The maximum Gasteiger partial charge on any atom is 0.255 e. The van der Waals surface area contributed by atoms with Crippen molar-refractivity contribution >= 4 is 21.6 Å². The van der Waals surface area contributed by atoms with Crippen LogP contribution in [0.1, 0.15) is 48.5 Å². The molecule has 2 aromatic carbocycles. The number of rotatable bonds is 6. The van der Waals surface area contributed by atoms with Gasteiger partial charge < -0.3 is 5.32 Å². The first kappa shape index (κ1) is 17.6. The first-order valence-electron chi connectivity index (χ1n) is 8.39.